The molecule has 1 unspecified atom stereocenters. The van der Waals surface area contributed by atoms with Crippen molar-refractivity contribution in [2.24, 2.45) is 11.0 Å². The molecule has 0 fully saturated rings. The number of halogens is 3. The zero-order valence-electron chi connectivity index (χ0n) is 36.5. The smallest absolute Gasteiger partial charge is 0.408 e. The standard InChI is InChI=1S/C49H58F3N3O8S/c1-4-46(56)60-29-13-7-5-11-27-58-40-21-17-37(18-22-40)33-62-42-25-26-44(39(31-42)32-53-55(35-49(50,51)52)48-54-43-15-9-10-16-45(43)64-48)63-34-38-19-23-41(24-20-38)59-28-12-6-8-14-30-61-47(57)36(2)3/h4,9-10,15-26,31-32,36,46,56H,1,5-8,11-14,27-30,33-35H2,2-3H3/b53-32+. The molecule has 344 valence electrons. The molecular weight excluding hydrogens is 848 g/mol. The van der Waals surface area contributed by atoms with Gasteiger partial charge in [0.25, 0.3) is 0 Å². The molecule has 0 amide bonds. The molecule has 1 heterocycles. The van der Waals surface area contributed by atoms with Crippen LogP contribution < -0.4 is 24.0 Å². The van der Waals surface area contributed by atoms with Gasteiger partial charge in [-0.3, -0.25) is 4.79 Å². The van der Waals surface area contributed by atoms with Gasteiger partial charge in [-0.1, -0.05) is 74.6 Å². The highest BCUT2D eigenvalue weighted by Crippen LogP contribution is 2.32. The molecule has 0 radical (unpaired) electrons. The van der Waals surface area contributed by atoms with Gasteiger partial charge in [0.1, 0.15) is 42.8 Å². The van der Waals surface area contributed by atoms with E-state index in [0.29, 0.717) is 49.0 Å². The predicted octanol–water partition coefficient (Wildman–Crippen LogP) is 11.5. The van der Waals surface area contributed by atoms with Crippen LogP contribution in [0.5, 0.6) is 23.0 Å². The highest BCUT2D eigenvalue weighted by atomic mass is 32.1. The van der Waals surface area contributed by atoms with E-state index in [9.17, 15) is 23.1 Å². The van der Waals surface area contributed by atoms with Crippen LogP contribution in [0.2, 0.25) is 0 Å². The SMILES string of the molecule is C=CC(O)OCCCCCCOc1ccc(COc2ccc(OCc3ccc(OCCCCCCOC(=O)C(C)C)cc3)c(/C=N/N(CC(F)(F)F)c3nc4ccccc4s3)c2)cc1. The number of hydrazone groups is 1. The minimum atomic E-state index is -4.55. The van der Waals surface area contributed by atoms with E-state index >= 15 is 0 Å². The highest BCUT2D eigenvalue weighted by molar-refractivity contribution is 7.22. The Morgan fingerprint density at radius 2 is 1.34 bits per heavy atom. The Morgan fingerprint density at radius 3 is 1.94 bits per heavy atom. The third-order valence-corrected chi connectivity index (χ3v) is 10.7. The number of hydrogen-bond donors (Lipinski definition) is 1. The first-order valence-corrected chi connectivity index (χ1v) is 22.4. The van der Waals surface area contributed by atoms with E-state index in [-0.39, 0.29) is 30.2 Å². The number of carbonyl (C=O) groups is 1. The van der Waals surface area contributed by atoms with Crippen molar-refractivity contribution in [3.05, 3.63) is 120 Å². The maximum absolute atomic E-state index is 13.9. The number of anilines is 1. The molecule has 11 nitrogen and oxygen atoms in total. The Kier molecular flexibility index (Phi) is 20.2. The van der Waals surface area contributed by atoms with Gasteiger partial charge in [0, 0.05) is 5.56 Å². The monoisotopic (exact) mass is 905 g/mol. The van der Waals surface area contributed by atoms with E-state index in [1.807, 2.05) is 68.4 Å². The van der Waals surface area contributed by atoms with E-state index in [4.69, 9.17) is 28.4 Å². The molecule has 0 bridgehead atoms. The second kappa shape index (κ2) is 26.2. The van der Waals surface area contributed by atoms with E-state index in [1.54, 1.807) is 36.4 Å². The fraction of sp³-hybridized carbons (Fsp3) is 0.408. The zero-order valence-corrected chi connectivity index (χ0v) is 37.3. The van der Waals surface area contributed by atoms with Gasteiger partial charge in [-0.15, -0.1) is 0 Å². The van der Waals surface area contributed by atoms with Crippen molar-refractivity contribution in [3.8, 4) is 23.0 Å². The summed E-state index contributed by atoms with van der Waals surface area (Å²) in [6.07, 6.45) is 4.50. The number of aromatic nitrogens is 1. The summed E-state index contributed by atoms with van der Waals surface area (Å²) in [5, 5.41) is 14.6. The normalized spacial score (nSPS) is 12.1. The van der Waals surface area contributed by atoms with Crippen LogP contribution in [0.25, 0.3) is 10.2 Å². The highest BCUT2D eigenvalue weighted by Gasteiger charge is 2.32. The van der Waals surface area contributed by atoms with Crippen LogP contribution in [-0.4, -0.2) is 67.7 Å². The molecule has 0 aliphatic heterocycles. The summed E-state index contributed by atoms with van der Waals surface area (Å²) in [4.78, 5) is 16.0. The lowest BCUT2D eigenvalue weighted by Crippen LogP contribution is -2.30. The van der Waals surface area contributed by atoms with Crippen LogP contribution in [-0.2, 0) is 27.5 Å². The van der Waals surface area contributed by atoms with Crippen molar-refractivity contribution in [1.82, 2.24) is 4.98 Å². The fourth-order valence-corrected chi connectivity index (χ4v) is 7.00. The first-order chi connectivity index (χ1) is 31.0. The van der Waals surface area contributed by atoms with Crippen molar-refractivity contribution in [2.75, 3.05) is 38.0 Å². The van der Waals surface area contributed by atoms with Crippen molar-refractivity contribution in [2.45, 2.75) is 90.9 Å². The van der Waals surface area contributed by atoms with Crippen LogP contribution in [0.1, 0.15) is 81.9 Å². The molecule has 0 aliphatic carbocycles. The van der Waals surface area contributed by atoms with E-state index in [1.165, 1.54) is 12.3 Å². The average Bonchev–Trinajstić information content (AvgIpc) is 3.73. The molecule has 64 heavy (non-hydrogen) atoms. The number of alkyl halides is 3. The minimum absolute atomic E-state index is 0.107. The van der Waals surface area contributed by atoms with E-state index < -0.39 is 19.0 Å². The molecule has 1 atom stereocenters. The fourth-order valence-electron chi connectivity index (χ4n) is 6.08. The first kappa shape index (κ1) is 49.4. The van der Waals surface area contributed by atoms with Gasteiger partial charge < -0.3 is 33.5 Å². The molecule has 0 saturated carbocycles. The zero-order chi connectivity index (χ0) is 45.6. The maximum Gasteiger partial charge on any atom is 0.408 e. The van der Waals surface area contributed by atoms with Crippen LogP contribution >= 0.6 is 11.3 Å². The van der Waals surface area contributed by atoms with Gasteiger partial charge in [0.05, 0.1) is 48.8 Å². The molecule has 1 N–H and O–H groups in total. The van der Waals surface area contributed by atoms with Gasteiger partial charge in [-0.05, 0) is 117 Å². The number of para-hydroxylation sites is 1. The van der Waals surface area contributed by atoms with Gasteiger partial charge >= 0.3 is 12.1 Å². The molecule has 0 saturated heterocycles. The number of benzene rings is 4. The number of ether oxygens (including phenoxy) is 6. The summed E-state index contributed by atoms with van der Waals surface area (Å²) >= 11 is 1.12. The summed E-state index contributed by atoms with van der Waals surface area (Å²) in [5.74, 6) is 2.04. The molecular formula is C49H58F3N3O8S. The lowest BCUT2D eigenvalue weighted by atomic mass is 10.2. The quantitative estimate of drug-likeness (QED) is 0.0124. The predicted molar refractivity (Wildman–Crippen MR) is 244 cm³/mol. The Morgan fingerprint density at radius 1 is 0.766 bits per heavy atom. The number of hydrogen-bond acceptors (Lipinski definition) is 12. The molecule has 5 rings (SSSR count). The summed E-state index contributed by atoms with van der Waals surface area (Å²) in [6.45, 7) is 8.24. The van der Waals surface area contributed by atoms with Crippen molar-refractivity contribution >= 4 is 38.9 Å². The summed E-state index contributed by atoms with van der Waals surface area (Å²) in [7, 11) is 0. The van der Waals surface area contributed by atoms with Gasteiger partial charge in [0.15, 0.2) is 6.29 Å². The summed E-state index contributed by atoms with van der Waals surface area (Å²) in [5.41, 5.74) is 2.75. The van der Waals surface area contributed by atoms with Gasteiger partial charge in [-0.2, -0.15) is 18.3 Å². The Balaban J connectivity index is 1.18. The van der Waals surface area contributed by atoms with Crippen molar-refractivity contribution in [1.29, 1.82) is 0 Å². The number of aliphatic hydroxyl groups is 1. The number of thiazole rings is 1. The minimum Gasteiger partial charge on any atom is -0.494 e. The molecule has 5 aromatic rings. The van der Waals surface area contributed by atoms with Gasteiger partial charge in [0.2, 0.25) is 5.13 Å². The van der Waals surface area contributed by atoms with E-state index in [0.717, 1.165) is 95.0 Å². The number of aliphatic hydroxyl groups excluding tert-OH is 1. The van der Waals surface area contributed by atoms with Crippen LogP contribution in [0, 0.1) is 5.92 Å². The van der Waals surface area contributed by atoms with Crippen LogP contribution in [0.3, 0.4) is 0 Å². The second-order valence-corrected chi connectivity index (χ2v) is 16.3. The third-order valence-electron chi connectivity index (χ3n) is 9.62. The molecule has 15 heteroatoms. The topological polar surface area (TPSA) is 121 Å². The Bertz CT molecular complexity index is 2150. The second-order valence-electron chi connectivity index (χ2n) is 15.3. The Hall–Kier alpha value is -5.64. The molecule has 4 aromatic carbocycles. The van der Waals surface area contributed by atoms with Gasteiger partial charge in [-0.25, -0.2) is 9.99 Å². The van der Waals surface area contributed by atoms with Crippen molar-refractivity contribution in [3.63, 3.8) is 0 Å². The number of nitrogens with zero attached hydrogens (tertiary/aromatic N) is 3. The van der Waals surface area contributed by atoms with E-state index in [2.05, 4.69) is 16.7 Å². The number of rotatable bonds is 29. The lowest BCUT2D eigenvalue weighted by molar-refractivity contribution is -0.147. The first-order valence-electron chi connectivity index (χ1n) is 21.6. The average molecular weight is 906 g/mol. The maximum atomic E-state index is 13.9. The number of esters is 1. The number of unbranched alkanes of at least 4 members (excludes halogenated alkanes) is 6. The van der Waals surface area contributed by atoms with Crippen molar-refractivity contribution < 1.29 is 51.5 Å². The number of fused-ring (bicyclic) bond motifs is 1. The van der Waals surface area contributed by atoms with Crippen LogP contribution in [0.15, 0.2) is 109 Å². The number of carbonyl (C=O) groups excluding carboxylic acids is 1. The molecule has 1 aromatic heterocycles. The van der Waals surface area contributed by atoms with Crippen LogP contribution in [0.4, 0.5) is 18.3 Å². The summed E-state index contributed by atoms with van der Waals surface area (Å²) < 4.78 is 76.9. The third kappa shape index (κ3) is 17.9. The largest absolute Gasteiger partial charge is 0.494 e. The summed E-state index contributed by atoms with van der Waals surface area (Å²) in [6, 6.07) is 27.4. The molecule has 0 spiro atoms. The molecule has 0 aliphatic rings. The Labute approximate surface area is 377 Å². The lowest BCUT2D eigenvalue weighted by Gasteiger charge is -2.18.